The van der Waals surface area contributed by atoms with Crippen LogP contribution >= 0.6 is 11.8 Å². The van der Waals surface area contributed by atoms with Gasteiger partial charge in [0.1, 0.15) is 5.76 Å². The fraction of sp³-hybridized carbons (Fsp3) is 0.571. The van der Waals surface area contributed by atoms with Crippen molar-refractivity contribution in [3.63, 3.8) is 0 Å². The molecule has 9 heteroatoms. The third kappa shape index (κ3) is 4.47. The summed E-state index contributed by atoms with van der Waals surface area (Å²) < 4.78 is 4.83. The number of carboxylic acids is 1. The monoisotopic (exact) mass is 341 g/mol. The minimum Gasteiger partial charge on any atom is -0.481 e. The molecule has 0 spiro atoms. The van der Waals surface area contributed by atoms with Gasteiger partial charge in [0.15, 0.2) is 5.82 Å². The van der Waals surface area contributed by atoms with Gasteiger partial charge in [0, 0.05) is 19.2 Å². The second kappa shape index (κ2) is 7.03. The third-order valence-corrected chi connectivity index (χ3v) is 4.61. The van der Waals surface area contributed by atoms with E-state index in [1.165, 1.54) is 11.8 Å². The maximum atomic E-state index is 12.1. The minimum atomic E-state index is -0.886. The van der Waals surface area contributed by atoms with Crippen LogP contribution in [-0.2, 0) is 14.4 Å². The highest BCUT2D eigenvalue weighted by Gasteiger charge is 2.41. The summed E-state index contributed by atoms with van der Waals surface area (Å²) in [7, 11) is 0. The number of carbonyl (C=O) groups is 3. The molecule has 0 aromatic carbocycles. The lowest BCUT2D eigenvalue weighted by Crippen LogP contribution is -2.35. The van der Waals surface area contributed by atoms with E-state index >= 15 is 0 Å². The molecule has 0 aliphatic carbocycles. The Balaban J connectivity index is 1.71. The van der Waals surface area contributed by atoms with E-state index in [0.29, 0.717) is 24.5 Å². The highest BCUT2D eigenvalue weighted by molar-refractivity contribution is 8.00. The summed E-state index contributed by atoms with van der Waals surface area (Å²) in [6.45, 7) is 4.01. The molecule has 1 unspecified atom stereocenters. The number of anilines is 1. The second-order valence-corrected chi connectivity index (χ2v) is 6.78. The van der Waals surface area contributed by atoms with Gasteiger partial charge in [-0.15, -0.1) is 11.8 Å². The number of thioether (sulfide) groups is 1. The van der Waals surface area contributed by atoms with Gasteiger partial charge in [0.05, 0.1) is 16.9 Å². The van der Waals surface area contributed by atoms with Crippen LogP contribution in [0, 0.1) is 12.3 Å². The normalized spacial score (nSPS) is 20.5. The largest absolute Gasteiger partial charge is 0.481 e. The Morgan fingerprint density at radius 3 is 2.78 bits per heavy atom. The zero-order valence-corrected chi connectivity index (χ0v) is 13.8. The van der Waals surface area contributed by atoms with Gasteiger partial charge in [0.2, 0.25) is 11.8 Å². The van der Waals surface area contributed by atoms with Crippen LogP contribution < -0.4 is 5.32 Å². The summed E-state index contributed by atoms with van der Waals surface area (Å²) in [5.74, 6) is -0.113. The molecule has 1 aromatic rings. The number of aliphatic carboxylic acids is 1. The molecule has 126 valence electrons. The fourth-order valence-electron chi connectivity index (χ4n) is 2.28. The van der Waals surface area contributed by atoms with Gasteiger partial charge in [-0.05, 0) is 20.3 Å². The highest BCUT2D eigenvalue weighted by atomic mass is 32.2. The predicted molar refractivity (Wildman–Crippen MR) is 84.1 cm³/mol. The van der Waals surface area contributed by atoms with Gasteiger partial charge < -0.3 is 19.8 Å². The number of aromatic nitrogens is 1. The quantitative estimate of drug-likeness (QED) is 0.793. The maximum Gasteiger partial charge on any atom is 0.311 e. The van der Waals surface area contributed by atoms with Crippen LogP contribution in [0.2, 0.25) is 0 Å². The molecule has 23 heavy (non-hydrogen) atoms. The molecule has 1 saturated heterocycles. The van der Waals surface area contributed by atoms with Crippen molar-refractivity contribution in [1.82, 2.24) is 10.1 Å². The van der Waals surface area contributed by atoms with Crippen LogP contribution in [0.5, 0.6) is 0 Å². The Morgan fingerprint density at radius 2 is 2.22 bits per heavy atom. The number of rotatable bonds is 6. The Hall–Kier alpha value is -2.03. The molecule has 1 aliphatic heterocycles. The minimum absolute atomic E-state index is 0.113. The van der Waals surface area contributed by atoms with Gasteiger partial charge >= 0.3 is 5.97 Å². The first kappa shape index (κ1) is 17.3. The van der Waals surface area contributed by atoms with Crippen LogP contribution in [0.1, 0.15) is 19.1 Å². The average molecular weight is 341 g/mol. The second-order valence-electron chi connectivity index (χ2n) is 5.79. The topological polar surface area (TPSA) is 113 Å². The molecular weight excluding hydrogens is 322 g/mol. The summed E-state index contributed by atoms with van der Waals surface area (Å²) in [5.41, 5.74) is -0.873. The summed E-state index contributed by atoms with van der Waals surface area (Å²) in [4.78, 5) is 36.5. The lowest BCUT2D eigenvalue weighted by atomic mass is 9.90. The van der Waals surface area contributed by atoms with E-state index in [1.54, 1.807) is 24.8 Å². The predicted octanol–water partition coefficient (Wildman–Crippen LogP) is 0.978. The van der Waals surface area contributed by atoms with Crippen LogP contribution in [0.4, 0.5) is 5.82 Å². The van der Waals surface area contributed by atoms with Crippen molar-refractivity contribution in [3.8, 4) is 0 Å². The summed E-state index contributed by atoms with van der Waals surface area (Å²) in [5, 5.41) is 15.4. The Kier molecular flexibility index (Phi) is 5.30. The van der Waals surface area contributed by atoms with Crippen molar-refractivity contribution in [3.05, 3.63) is 11.8 Å². The molecule has 1 aliphatic rings. The van der Waals surface area contributed by atoms with Crippen LogP contribution in [-0.4, -0.2) is 57.5 Å². The highest BCUT2D eigenvalue weighted by Crippen LogP contribution is 2.30. The first-order valence-corrected chi connectivity index (χ1v) is 8.28. The maximum absolute atomic E-state index is 12.1. The molecule has 2 heterocycles. The summed E-state index contributed by atoms with van der Waals surface area (Å²) in [6, 6.07) is 1.60. The molecule has 0 saturated carbocycles. The number of carboxylic acid groups (broad SMARTS) is 1. The van der Waals surface area contributed by atoms with E-state index in [-0.39, 0.29) is 29.9 Å². The van der Waals surface area contributed by atoms with Gasteiger partial charge in [-0.2, -0.15) is 0 Å². The van der Waals surface area contributed by atoms with Gasteiger partial charge in [-0.1, -0.05) is 5.16 Å². The number of likely N-dealkylation sites (tertiary alicyclic amines) is 1. The molecule has 2 rings (SSSR count). The molecular formula is C14H19N3O5S. The Morgan fingerprint density at radius 1 is 1.48 bits per heavy atom. The van der Waals surface area contributed by atoms with E-state index in [1.807, 2.05) is 0 Å². The van der Waals surface area contributed by atoms with E-state index in [0.717, 1.165) is 0 Å². The molecule has 1 atom stereocenters. The molecule has 8 nitrogen and oxygen atoms in total. The van der Waals surface area contributed by atoms with E-state index in [9.17, 15) is 14.4 Å². The van der Waals surface area contributed by atoms with Crippen molar-refractivity contribution in [1.29, 1.82) is 0 Å². The standard InChI is InChI=1S/C14H19N3O5S/c1-9-5-10(16-22-9)15-11(18)6-23-7-12(19)17-4-3-14(2,8-17)13(20)21/h5H,3-4,6-8H2,1-2H3,(H,20,21)(H,15,16,18). The van der Waals surface area contributed by atoms with Crippen LogP contribution in [0.15, 0.2) is 10.6 Å². The van der Waals surface area contributed by atoms with Gasteiger partial charge in [-0.25, -0.2) is 0 Å². The van der Waals surface area contributed by atoms with Crippen molar-refractivity contribution in [2.24, 2.45) is 5.41 Å². The van der Waals surface area contributed by atoms with Crippen molar-refractivity contribution < 1.29 is 24.0 Å². The molecule has 2 N–H and O–H groups in total. The number of amides is 2. The first-order chi connectivity index (χ1) is 10.8. The molecule has 1 fully saturated rings. The van der Waals surface area contributed by atoms with E-state index in [4.69, 9.17) is 9.63 Å². The van der Waals surface area contributed by atoms with Crippen molar-refractivity contribution in [2.45, 2.75) is 20.3 Å². The number of carbonyl (C=O) groups excluding carboxylic acids is 2. The van der Waals surface area contributed by atoms with E-state index < -0.39 is 11.4 Å². The summed E-state index contributed by atoms with van der Waals surface area (Å²) in [6.07, 6.45) is 0.449. The first-order valence-electron chi connectivity index (χ1n) is 7.12. The molecule has 1 aromatic heterocycles. The lowest BCUT2D eigenvalue weighted by molar-refractivity contribution is -0.147. The number of hydrogen-bond donors (Lipinski definition) is 2. The Labute approximate surface area is 137 Å². The molecule has 0 bridgehead atoms. The van der Waals surface area contributed by atoms with Crippen molar-refractivity contribution >= 4 is 35.4 Å². The SMILES string of the molecule is Cc1cc(NC(=O)CSCC(=O)N2CCC(C)(C(=O)O)C2)no1. The molecule has 2 amide bonds. The Bertz CT molecular complexity index is 617. The van der Waals surface area contributed by atoms with Crippen LogP contribution in [0.3, 0.4) is 0 Å². The zero-order chi connectivity index (χ0) is 17.0. The van der Waals surface area contributed by atoms with Crippen LogP contribution in [0.25, 0.3) is 0 Å². The third-order valence-electron chi connectivity index (χ3n) is 3.70. The number of nitrogens with one attached hydrogen (secondary N) is 1. The number of hydrogen-bond acceptors (Lipinski definition) is 6. The van der Waals surface area contributed by atoms with E-state index in [2.05, 4.69) is 10.5 Å². The zero-order valence-electron chi connectivity index (χ0n) is 13.0. The average Bonchev–Trinajstić information content (AvgIpc) is 3.06. The fourth-order valence-corrected chi connectivity index (χ4v) is 2.99. The number of aryl methyl sites for hydroxylation is 1. The van der Waals surface area contributed by atoms with Gasteiger partial charge in [-0.3, -0.25) is 14.4 Å². The number of nitrogens with zero attached hydrogens (tertiary/aromatic N) is 2. The summed E-state index contributed by atoms with van der Waals surface area (Å²) >= 11 is 1.18. The molecule has 0 radical (unpaired) electrons. The van der Waals surface area contributed by atoms with Crippen molar-refractivity contribution in [2.75, 3.05) is 29.9 Å². The lowest BCUT2D eigenvalue weighted by Gasteiger charge is -2.20. The van der Waals surface area contributed by atoms with Gasteiger partial charge in [0.25, 0.3) is 0 Å². The smallest absolute Gasteiger partial charge is 0.311 e.